The third-order valence-electron chi connectivity index (χ3n) is 4.50. The molecule has 0 aliphatic heterocycles. The van der Waals surface area contributed by atoms with Crippen molar-refractivity contribution in [3.63, 3.8) is 0 Å². The number of carbonyl (C=O) groups excluding carboxylic acids is 2. The maximum Gasteiger partial charge on any atom is 0.262 e. The van der Waals surface area contributed by atoms with Gasteiger partial charge in [-0.15, -0.1) is 0 Å². The first kappa shape index (κ1) is 16.6. The number of fused-ring (bicyclic) bond motifs is 2. The summed E-state index contributed by atoms with van der Waals surface area (Å²) in [4.78, 5) is 25.5. The number of phenolic OH excluding ortho intramolecular Hbond substituents is 2. The van der Waals surface area contributed by atoms with Crippen LogP contribution in [-0.4, -0.2) is 22.0 Å². The van der Waals surface area contributed by atoms with E-state index in [1.165, 1.54) is 12.1 Å². The summed E-state index contributed by atoms with van der Waals surface area (Å²) in [6.45, 7) is 0. The van der Waals surface area contributed by atoms with Gasteiger partial charge in [-0.05, 0) is 33.7 Å². The molecule has 0 aromatic heterocycles. The Bertz CT molecular complexity index is 1120. The molecule has 0 aliphatic rings. The second kappa shape index (κ2) is 6.46. The lowest BCUT2D eigenvalue weighted by Crippen LogP contribution is -2.30. The summed E-state index contributed by atoms with van der Waals surface area (Å²) in [5, 5.41) is 25.2. The molecule has 0 saturated carbocycles. The molecule has 5 heteroatoms. The second-order valence-electron chi connectivity index (χ2n) is 6.14. The average Bonchev–Trinajstić information content (AvgIpc) is 2.67. The Hall–Kier alpha value is -3.86. The highest BCUT2D eigenvalue weighted by Crippen LogP contribution is 2.29. The highest BCUT2D eigenvalue weighted by molar-refractivity contribution is 6.20. The van der Waals surface area contributed by atoms with Crippen molar-refractivity contribution in [2.75, 3.05) is 0 Å². The van der Waals surface area contributed by atoms with Crippen LogP contribution in [0.3, 0.4) is 0 Å². The van der Waals surface area contributed by atoms with E-state index in [0.29, 0.717) is 10.8 Å². The first-order valence-electron chi connectivity index (χ1n) is 8.33. The van der Waals surface area contributed by atoms with Crippen LogP contribution in [0.5, 0.6) is 11.5 Å². The summed E-state index contributed by atoms with van der Waals surface area (Å²) in [6, 6.07) is 20.4. The minimum Gasteiger partial charge on any atom is -0.507 e. The van der Waals surface area contributed by atoms with E-state index in [9.17, 15) is 19.8 Å². The Kier molecular flexibility index (Phi) is 3.97. The molecule has 4 aromatic carbocycles. The molecular weight excluding hydrogens is 342 g/mol. The number of rotatable bonds is 2. The van der Waals surface area contributed by atoms with Crippen molar-refractivity contribution in [2.24, 2.45) is 0 Å². The molecule has 0 saturated heterocycles. The van der Waals surface area contributed by atoms with Crippen molar-refractivity contribution in [2.45, 2.75) is 0 Å². The lowest BCUT2D eigenvalue weighted by atomic mass is 10.0. The van der Waals surface area contributed by atoms with Gasteiger partial charge < -0.3 is 10.2 Å². The number of phenols is 2. The number of carbonyl (C=O) groups is 2. The molecule has 5 nitrogen and oxygen atoms in total. The largest absolute Gasteiger partial charge is 0.507 e. The summed E-state index contributed by atoms with van der Waals surface area (Å²) in [6.07, 6.45) is 0. The molecule has 2 amide bonds. The molecule has 3 N–H and O–H groups in total. The Labute approximate surface area is 154 Å². The smallest absolute Gasteiger partial charge is 0.262 e. The van der Waals surface area contributed by atoms with Gasteiger partial charge in [0.2, 0.25) is 0 Å². The molecule has 0 spiro atoms. The van der Waals surface area contributed by atoms with Gasteiger partial charge in [-0.25, -0.2) is 0 Å². The van der Waals surface area contributed by atoms with Crippen molar-refractivity contribution >= 4 is 33.4 Å². The van der Waals surface area contributed by atoms with E-state index in [0.717, 1.165) is 10.8 Å². The molecule has 0 radical (unpaired) electrons. The van der Waals surface area contributed by atoms with Crippen LogP contribution in [0.1, 0.15) is 20.7 Å². The van der Waals surface area contributed by atoms with Crippen LogP contribution in [0, 0.1) is 0 Å². The van der Waals surface area contributed by atoms with Crippen LogP contribution in [0.25, 0.3) is 21.5 Å². The lowest BCUT2D eigenvalue weighted by molar-refractivity contribution is 0.0849. The number of hydrogen-bond donors (Lipinski definition) is 3. The molecule has 132 valence electrons. The van der Waals surface area contributed by atoms with Crippen LogP contribution < -0.4 is 5.32 Å². The molecule has 0 atom stereocenters. The van der Waals surface area contributed by atoms with E-state index < -0.39 is 11.8 Å². The third-order valence-corrected chi connectivity index (χ3v) is 4.50. The van der Waals surface area contributed by atoms with Crippen LogP contribution in [0.4, 0.5) is 0 Å². The van der Waals surface area contributed by atoms with Gasteiger partial charge in [-0.1, -0.05) is 60.7 Å². The van der Waals surface area contributed by atoms with Crippen molar-refractivity contribution in [3.05, 3.63) is 83.9 Å². The van der Waals surface area contributed by atoms with Crippen LogP contribution >= 0.6 is 0 Å². The SMILES string of the molecule is O=C(NC(=O)c1c(O)ccc2ccccc12)c1c(O)ccc2ccccc12. The van der Waals surface area contributed by atoms with Crippen LogP contribution in [0.2, 0.25) is 0 Å². The number of imide groups is 1. The second-order valence-corrected chi connectivity index (χ2v) is 6.14. The van der Waals surface area contributed by atoms with Gasteiger partial charge in [0.1, 0.15) is 11.5 Å². The highest BCUT2D eigenvalue weighted by atomic mass is 16.3. The van der Waals surface area contributed by atoms with E-state index in [4.69, 9.17) is 0 Å². The van der Waals surface area contributed by atoms with Gasteiger partial charge in [0.25, 0.3) is 11.8 Å². The maximum atomic E-state index is 12.7. The molecule has 0 bridgehead atoms. The minimum atomic E-state index is -0.735. The first-order chi connectivity index (χ1) is 13.1. The van der Waals surface area contributed by atoms with Gasteiger partial charge >= 0.3 is 0 Å². The predicted molar refractivity (Wildman–Crippen MR) is 103 cm³/mol. The zero-order chi connectivity index (χ0) is 19.0. The van der Waals surface area contributed by atoms with Crippen molar-refractivity contribution in [3.8, 4) is 11.5 Å². The van der Waals surface area contributed by atoms with Gasteiger partial charge in [0.05, 0.1) is 11.1 Å². The molecule has 0 aliphatic carbocycles. The zero-order valence-electron chi connectivity index (χ0n) is 14.1. The lowest BCUT2D eigenvalue weighted by Gasteiger charge is -2.11. The molecule has 4 rings (SSSR count). The van der Waals surface area contributed by atoms with E-state index in [1.807, 2.05) is 24.3 Å². The zero-order valence-corrected chi connectivity index (χ0v) is 14.1. The average molecular weight is 357 g/mol. The standard InChI is InChI=1S/C22H15NO4/c24-17-11-9-13-5-1-3-7-15(13)19(17)21(26)23-22(27)20-16-8-4-2-6-14(16)10-12-18(20)25/h1-12,24-25H,(H,23,26,27). The fourth-order valence-electron chi connectivity index (χ4n) is 3.23. The Morgan fingerprint density at radius 2 is 1.00 bits per heavy atom. The van der Waals surface area contributed by atoms with Gasteiger partial charge in [-0.3, -0.25) is 14.9 Å². The number of aromatic hydroxyl groups is 2. The number of hydrogen-bond acceptors (Lipinski definition) is 4. The Morgan fingerprint density at radius 1 is 0.593 bits per heavy atom. The molecule has 0 fully saturated rings. The van der Waals surface area contributed by atoms with Gasteiger partial charge in [-0.2, -0.15) is 0 Å². The first-order valence-corrected chi connectivity index (χ1v) is 8.33. The van der Waals surface area contributed by atoms with Crippen LogP contribution in [0.15, 0.2) is 72.8 Å². The minimum absolute atomic E-state index is 0.0150. The van der Waals surface area contributed by atoms with Gasteiger partial charge in [0, 0.05) is 0 Å². The molecule has 27 heavy (non-hydrogen) atoms. The molecule has 0 unspecified atom stereocenters. The normalized spacial score (nSPS) is 10.8. The Balaban J connectivity index is 1.76. The highest BCUT2D eigenvalue weighted by Gasteiger charge is 2.21. The number of benzene rings is 4. The number of amides is 2. The van der Waals surface area contributed by atoms with Gasteiger partial charge in [0.15, 0.2) is 0 Å². The quantitative estimate of drug-likeness (QED) is 0.474. The van der Waals surface area contributed by atoms with E-state index in [-0.39, 0.29) is 22.6 Å². The van der Waals surface area contributed by atoms with Crippen molar-refractivity contribution < 1.29 is 19.8 Å². The van der Waals surface area contributed by atoms with E-state index >= 15 is 0 Å². The summed E-state index contributed by atoms with van der Waals surface area (Å²) in [5.41, 5.74) is 0.0300. The topological polar surface area (TPSA) is 86.6 Å². The van der Waals surface area contributed by atoms with Crippen molar-refractivity contribution in [1.29, 1.82) is 0 Å². The summed E-state index contributed by atoms with van der Waals surface area (Å²) in [7, 11) is 0. The van der Waals surface area contributed by atoms with Crippen molar-refractivity contribution in [1.82, 2.24) is 5.32 Å². The number of nitrogens with one attached hydrogen (secondary N) is 1. The molecular formula is C22H15NO4. The monoisotopic (exact) mass is 357 g/mol. The fourth-order valence-corrected chi connectivity index (χ4v) is 3.23. The maximum absolute atomic E-state index is 12.7. The van der Waals surface area contributed by atoms with E-state index in [2.05, 4.69) is 5.32 Å². The predicted octanol–water partition coefficient (Wildman–Crippen LogP) is 3.97. The molecule has 0 heterocycles. The third kappa shape index (κ3) is 2.85. The molecule has 4 aromatic rings. The van der Waals surface area contributed by atoms with Crippen LogP contribution in [-0.2, 0) is 0 Å². The summed E-state index contributed by atoms with van der Waals surface area (Å²) >= 11 is 0. The summed E-state index contributed by atoms with van der Waals surface area (Å²) in [5.74, 6) is -1.91. The Morgan fingerprint density at radius 3 is 1.44 bits per heavy atom. The fraction of sp³-hybridized carbons (Fsp3) is 0. The summed E-state index contributed by atoms with van der Waals surface area (Å²) < 4.78 is 0. The van der Waals surface area contributed by atoms with E-state index in [1.54, 1.807) is 36.4 Å².